The maximum absolute atomic E-state index is 13.1. The second-order valence-electron chi connectivity index (χ2n) is 4.13. The summed E-state index contributed by atoms with van der Waals surface area (Å²) in [6.45, 7) is -0.243. The molecule has 1 aromatic carbocycles. The Morgan fingerprint density at radius 3 is 2.30 bits per heavy atom. The molecule has 23 heavy (non-hydrogen) atoms. The predicted molar refractivity (Wildman–Crippen MR) is 78.4 cm³/mol. The fourth-order valence-electron chi connectivity index (χ4n) is 1.53. The Bertz CT molecular complexity index is 796. The Labute approximate surface area is 136 Å². The van der Waals surface area contributed by atoms with Gasteiger partial charge in [0.2, 0.25) is 10.0 Å². The number of methoxy groups -OCH3 is 2. The standard InChI is InChI=1S/C12H12ClFN4O4S/c1-21-11-16-10(17-12(18-11)22-2)6-15-23(19,20)7-3-4-9(14)8(13)5-7/h3-5,15H,6H2,1-2H3. The predicted octanol–water partition coefficient (Wildman–Crippen LogP) is 1.16. The van der Waals surface area contributed by atoms with Gasteiger partial charge in [-0.25, -0.2) is 17.5 Å². The van der Waals surface area contributed by atoms with Crippen molar-refractivity contribution >= 4 is 21.6 Å². The third kappa shape index (κ3) is 4.24. The molecule has 1 aromatic heterocycles. The summed E-state index contributed by atoms with van der Waals surface area (Å²) >= 11 is 5.58. The molecule has 1 heterocycles. The molecule has 0 amide bonds. The van der Waals surface area contributed by atoms with E-state index in [0.29, 0.717) is 0 Å². The first-order valence-electron chi connectivity index (χ1n) is 6.13. The average Bonchev–Trinajstić information content (AvgIpc) is 2.55. The van der Waals surface area contributed by atoms with Gasteiger partial charge in [0.1, 0.15) is 5.82 Å². The Kier molecular flexibility index (Phi) is 5.29. The summed E-state index contributed by atoms with van der Waals surface area (Å²) < 4.78 is 49.4. The molecular weight excluding hydrogens is 351 g/mol. The molecule has 0 radical (unpaired) electrons. The Hall–Kier alpha value is -2.04. The number of hydrogen-bond acceptors (Lipinski definition) is 7. The monoisotopic (exact) mass is 362 g/mol. The fourth-order valence-corrected chi connectivity index (χ4v) is 2.78. The summed E-state index contributed by atoms with van der Waals surface area (Å²) in [4.78, 5) is 11.4. The van der Waals surface area contributed by atoms with Gasteiger partial charge in [-0.2, -0.15) is 9.97 Å². The van der Waals surface area contributed by atoms with Gasteiger partial charge in [-0.05, 0) is 18.2 Å². The van der Waals surface area contributed by atoms with E-state index in [1.54, 1.807) is 0 Å². The van der Waals surface area contributed by atoms with Crippen molar-refractivity contribution in [3.8, 4) is 12.0 Å². The Balaban J connectivity index is 2.20. The number of ether oxygens (including phenoxy) is 2. The molecule has 0 spiro atoms. The summed E-state index contributed by atoms with van der Waals surface area (Å²) in [5.74, 6) is -0.622. The summed E-state index contributed by atoms with van der Waals surface area (Å²) in [7, 11) is -1.22. The second kappa shape index (κ2) is 7.02. The lowest BCUT2D eigenvalue weighted by molar-refractivity contribution is 0.336. The maximum Gasteiger partial charge on any atom is 0.322 e. The zero-order valence-electron chi connectivity index (χ0n) is 12.1. The molecule has 11 heteroatoms. The highest BCUT2D eigenvalue weighted by molar-refractivity contribution is 7.89. The van der Waals surface area contributed by atoms with Crippen LogP contribution in [0.4, 0.5) is 4.39 Å². The highest BCUT2D eigenvalue weighted by Crippen LogP contribution is 2.19. The van der Waals surface area contributed by atoms with Crippen LogP contribution in [0.2, 0.25) is 5.02 Å². The molecule has 0 unspecified atom stereocenters. The SMILES string of the molecule is COc1nc(CNS(=O)(=O)c2ccc(F)c(Cl)c2)nc(OC)n1. The number of hydrogen-bond donors (Lipinski definition) is 1. The van der Waals surface area contributed by atoms with Crippen molar-refractivity contribution in [3.05, 3.63) is 34.9 Å². The minimum absolute atomic E-state index is 0.0177. The average molecular weight is 363 g/mol. The van der Waals surface area contributed by atoms with Crippen LogP contribution in [0.5, 0.6) is 12.0 Å². The zero-order chi connectivity index (χ0) is 17.0. The van der Waals surface area contributed by atoms with E-state index in [-0.39, 0.29) is 34.3 Å². The second-order valence-corrected chi connectivity index (χ2v) is 6.30. The Morgan fingerprint density at radius 1 is 1.17 bits per heavy atom. The number of aromatic nitrogens is 3. The summed E-state index contributed by atoms with van der Waals surface area (Å²) in [6.07, 6.45) is 0. The smallest absolute Gasteiger partial charge is 0.322 e. The van der Waals surface area contributed by atoms with Gasteiger partial charge in [0.15, 0.2) is 5.82 Å². The van der Waals surface area contributed by atoms with Crippen LogP contribution in [-0.2, 0) is 16.6 Å². The first-order chi connectivity index (χ1) is 10.9. The van der Waals surface area contributed by atoms with Gasteiger partial charge in [-0.1, -0.05) is 11.6 Å². The van der Waals surface area contributed by atoms with Crippen LogP contribution in [0.25, 0.3) is 0 Å². The number of rotatable bonds is 6. The van der Waals surface area contributed by atoms with Crippen LogP contribution in [0.1, 0.15) is 5.82 Å². The largest absolute Gasteiger partial charge is 0.467 e. The van der Waals surface area contributed by atoms with Crippen molar-refractivity contribution in [3.63, 3.8) is 0 Å². The first kappa shape index (κ1) is 17.3. The number of benzene rings is 1. The molecular formula is C12H12ClFN4O4S. The van der Waals surface area contributed by atoms with Crippen LogP contribution >= 0.6 is 11.6 Å². The zero-order valence-corrected chi connectivity index (χ0v) is 13.7. The molecule has 124 valence electrons. The molecule has 0 saturated carbocycles. The van der Waals surface area contributed by atoms with Gasteiger partial charge in [-0.3, -0.25) is 0 Å². The summed E-state index contributed by atoms with van der Waals surface area (Å²) in [6, 6.07) is 3.03. The highest BCUT2D eigenvalue weighted by atomic mass is 35.5. The normalized spacial score (nSPS) is 11.3. The molecule has 2 aromatic rings. The minimum Gasteiger partial charge on any atom is -0.467 e. The van der Waals surface area contributed by atoms with E-state index >= 15 is 0 Å². The van der Waals surface area contributed by atoms with Crippen molar-refractivity contribution in [1.82, 2.24) is 19.7 Å². The van der Waals surface area contributed by atoms with Gasteiger partial charge >= 0.3 is 12.0 Å². The maximum atomic E-state index is 13.1. The van der Waals surface area contributed by atoms with Crippen molar-refractivity contribution in [2.24, 2.45) is 0 Å². The van der Waals surface area contributed by atoms with E-state index in [0.717, 1.165) is 18.2 Å². The highest BCUT2D eigenvalue weighted by Gasteiger charge is 2.17. The fraction of sp³-hybridized carbons (Fsp3) is 0.250. The number of nitrogens with zero attached hydrogens (tertiary/aromatic N) is 3. The molecule has 0 aliphatic carbocycles. The molecule has 0 fully saturated rings. The van der Waals surface area contributed by atoms with Crippen molar-refractivity contribution < 1.29 is 22.3 Å². The number of sulfonamides is 1. The van der Waals surface area contributed by atoms with Gasteiger partial charge in [-0.15, -0.1) is 4.98 Å². The molecule has 0 aliphatic rings. The van der Waals surface area contributed by atoms with Crippen LogP contribution in [0, 0.1) is 5.82 Å². The van der Waals surface area contributed by atoms with Crippen molar-refractivity contribution in [1.29, 1.82) is 0 Å². The van der Waals surface area contributed by atoms with Gasteiger partial charge in [0, 0.05) is 0 Å². The van der Waals surface area contributed by atoms with E-state index in [1.165, 1.54) is 14.2 Å². The lowest BCUT2D eigenvalue weighted by Gasteiger charge is -2.08. The van der Waals surface area contributed by atoms with Gasteiger partial charge < -0.3 is 9.47 Å². The van der Waals surface area contributed by atoms with Crippen molar-refractivity contribution in [2.45, 2.75) is 11.4 Å². The van der Waals surface area contributed by atoms with Crippen LogP contribution < -0.4 is 14.2 Å². The van der Waals surface area contributed by atoms with Crippen LogP contribution in [0.15, 0.2) is 23.1 Å². The molecule has 8 nitrogen and oxygen atoms in total. The van der Waals surface area contributed by atoms with E-state index in [9.17, 15) is 12.8 Å². The molecule has 2 rings (SSSR count). The summed E-state index contributed by atoms with van der Waals surface area (Å²) in [5.41, 5.74) is 0. The third-order valence-electron chi connectivity index (χ3n) is 2.63. The van der Waals surface area contributed by atoms with Gasteiger partial charge in [0.25, 0.3) is 0 Å². The van der Waals surface area contributed by atoms with Gasteiger partial charge in [0.05, 0.1) is 30.7 Å². The Morgan fingerprint density at radius 2 is 1.78 bits per heavy atom. The van der Waals surface area contributed by atoms with Crippen LogP contribution in [-0.4, -0.2) is 37.6 Å². The van der Waals surface area contributed by atoms with E-state index in [2.05, 4.69) is 19.7 Å². The van der Waals surface area contributed by atoms with E-state index in [1.807, 2.05) is 0 Å². The third-order valence-corrected chi connectivity index (χ3v) is 4.32. The quantitative estimate of drug-likeness (QED) is 0.822. The lowest BCUT2D eigenvalue weighted by Crippen LogP contribution is -2.24. The molecule has 0 bridgehead atoms. The van der Waals surface area contributed by atoms with Crippen LogP contribution in [0.3, 0.4) is 0 Å². The topological polar surface area (TPSA) is 103 Å². The van der Waals surface area contributed by atoms with E-state index < -0.39 is 15.8 Å². The molecule has 0 saturated heterocycles. The van der Waals surface area contributed by atoms with E-state index in [4.69, 9.17) is 21.1 Å². The lowest BCUT2D eigenvalue weighted by atomic mass is 10.3. The molecule has 1 N–H and O–H groups in total. The van der Waals surface area contributed by atoms with Crippen molar-refractivity contribution in [2.75, 3.05) is 14.2 Å². The molecule has 0 atom stereocenters. The number of nitrogens with one attached hydrogen (secondary N) is 1. The first-order valence-corrected chi connectivity index (χ1v) is 7.99. The summed E-state index contributed by atoms with van der Waals surface area (Å²) in [5, 5.41) is -0.295. The number of halogens is 2. The molecule has 0 aliphatic heterocycles. The minimum atomic E-state index is -3.92.